The third kappa shape index (κ3) is 4.96. The molecule has 0 unspecified atom stereocenters. The summed E-state index contributed by atoms with van der Waals surface area (Å²) in [6, 6.07) is 0. The lowest BCUT2D eigenvalue weighted by Crippen LogP contribution is -2.20. The molecule has 0 radical (unpaired) electrons. The van der Waals surface area contributed by atoms with Gasteiger partial charge in [-0.2, -0.15) is 0 Å². The van der Waals surface area contributed by atoms with Gasteiger partial charge in [-0.15, -0.1) is 0 Å². The van der Waals surface area contributed by atoms with E-state index in [1.807, 2.05) is 6.92 Å². The number of nitrogens with one attached hydrogen (secondary N) is 1. The first kappa shape index (κ1) is 10.6. The van der Waals surface area contributed by atoms with Crippen molar-refractivity contribution in [3.05, 3.63) is 11.8 Å². The summed E-state index contributed by atoms with van der Waals surface area (Å²) in [4.78, 5) is 0.846. The molecule has 64 valence electrons. The Morgan fingerprint density at radius 3 is 2.36 bits per heavy atom. The van der Waals surface area contributed by atoms with Crippen LogP contribution in [-0.4, -0.2) is 4.99 Å². The lowest BCUT2D eigenvalue weighted by Gasteiger charge is -2.12. The summed E-state index contributed by atoms with van der Waals surface area (Å²) in [5.41, 5.74) is 1.24. The average Bonchev–Trinajstić information content (AvgIpc) is 1.86. The summed E-state index contributed by atoms with van der Waals surface area (Å²) >= 11 is 4.95. The molecule has 0 spiro atoms. The highest BCUT2D eigenvalue weighted by Crippen LogP contribution is 2.06. The van der Waals surface area contributed by atoms with Gasteiger partial charge in [-0.05, 0) is 19.3 Å². The highest BCUT2D eigenvalue weighted by Gasteiger charge is 2.00. The maximum absolute atomic E-state index is 4.95. The molecule has 0 aromatic heterocycles. The standard InChI is InChI=1S/C9H17NS/c1-5-6-9(7(2)3)10-8(4)11/h6-7H,5H2,1-4H3,(H,10,11)/b9-6-. The zero-order valence-corrected chi connectivity index (χ0v) is 8.59. The van der Waals surface area contributed by atoms with Crippen molar-refractivity contribution >= 4 is 17.2 Å². The van der Waals surface area contributed by atoms with Gasteiger partial charge < -0.3 is 5.32 Å². The highest BCUT2D eigenvalue weighted by atomic mass is 32.1. The van der Waals surface area contributed by atoms with Crippen LogP contribution < -0.4 is 5.32 Å². The molecule has 0 saturated carbocycles. The summed E-state index contributed by atoms with van der Waals surface area (Å²) in [7, 11) is 0. The molecule has 0 aromatic rings. The van der Waals surface area contributed by atoms with Crippen LogP contribution in [0, 0.1) is 5.92 Å². The van der Waals surface area contributed by atoms with E-state index in [-0.39, 0.29) is 0 Å². The summed E-state index contributed by atoms with van der Waals surface area (Å²) in [6.45, 7) is 8.35. The quantitative estimate of drug-likeness (QED) is 0.655. The second-order valence-corrected chi connectivity index (χ2v) is 3.52. The second-order valence-electron chi connectivity index (χ2n) is 2.90. The smallest absolute Gasteiger partial charge is 0.0763 e. The van der Waals surface area contributed by atoms with Gasteiger partial charge in [0.05, 0.1) is 4.99 Å². The predicted molar refractivity (Wildman–Crippen MR) is 54.6 cm³/mol. The van der Waals surface area contributed by atoms with E-state index in [0.29, 0.717) is 5.92 Å². The van der Waals surface area contributed by atoms with Crippen LogP contribution in [-0.2, 0) is 0 Å². The Hall–Kier alpha value is -0.370. The molecule has 2 heteroatoms. The van der Waals surface area contributed by atoms with Crippen LogP contribution in [0.5, 0.6) is 0 Å². The molecule has 1 N–H and O–H groups in total. The molecule has 0 amide bonds. The Morgan fingerprint density at radius 2 is 2.09 bits per heavy atom. The van der Waals surface area contributed by atoms with Crippen molar-refractivity contribution in [2.24, 2.45) is 5.92 Å². The fourth-order valence-electron chi connectivity index (χ4n) is 0.854. The topological polar surface area (TPSA) is 12.0 Å². The van der Waals surface area contributed by atoms with Crippen LogP contribution in [0.1, 0.15) is 34.1 Å². The normalized spacial score (nSPS) is 11.9. The first-order valence-corrected chi connectivity index (χ1v) is 4.46. The Bertz CT molecular complexity index is 159. The van der Waals surface area contributed by atoms with E-state index >= 15 is 0 Å². The third-order valence-corrected chi connectivity index (χ3v) is 1.47. The molecule has 0 fully saturated rings. The van der Waals surface area contributed by atoms with E-state index in [9.17, 15) is 0 Å². The first-order chi connectivity index (χ1) is 5.07. The van der Waals surface area contributed by atoms with Crippen LogP contribution in [0.25, 0.3) is 0 Å². The maximum atomic E-state index is 4.95. The molecule has 0 aliphatic rings. The minimum Gasteiger partial charge on any atom is -0.354 e. The maximum Gasteiger partial charge on any atom is 0.0763 e. The number of hydrogen-bond donors (Lipinski definition) is 1. The Balaban J connectivity index is 4.11. The minimum absolute atomic E-state index is 0.535. The van der Waals surface area contributed by atoms with Gasteiger partial charge in [0.2, 0.25) is 0 Å². The Morgan fingerprint density at radius 1 is 1.55 bits per heavy atom. The second kappa shape index (κ2) is 5.30. The Kier molecular flexibility index (Phi) is 5.12. The van der Waals surface area contributed by atoms with Crippen molar-refractivity contribution in [1.82, 2.24) is 5.32 Å². The lowest BCUT2D eigenvalue weighted by molar-refractivity contribution is 0.721. The largest absolute Gasteiger partial charge is 0.354 e. The zero-order valence-electron chi connectivity index (χ0n) is 7.77. The van der Waals surface area contributed by atoms with Crippen LogP contribution >= 0.6 is 12.2 Å². The van der Waals surface area contributed by atoms with Crippen LogP contribution in [0.4, 0.5) is 0 Å². The van der Waals surface area contributed by atoms with Gasteiger partial charge in [0.15, 0.2) is 0 Å². The van der Waals surface area contributed by atoms with Crippen molar-refractivity contribution in [1.29, 1.82) is 0 Å². The monoisotopic (exact) mass is 171 g/mol. The van der Waals surface area contributed by atoms with E-state index < -0.39 is 0 Å². The summed E-state index contributed by atoms with van der Waals surface area (Å²) < 4.78 is 0. The van der Waals surface area contributed by atoms with Crippen molar-refractivity contribution in [3.8, 4) is 0 Å². The number of thiocarbonyl (C=S) groups is 1. The van der Waals surface area contributed by atoms with Crippen LogP contribution in [0.15, 0.2) is 11.8 Å². The van der Waals surface area contributed by atoms with Crippen LogP contribution in [0.2, 0.25) is 0 Å². The predicted octanol–water partition coefficient (Wildman–Crippen LogP) is 2.87. The van der Waals surface area contributed by atoms with E-state index in [4.69, 9.17) is 12.2 Å². The minimum atomic E-state index is 0.535. The van der Waals surface area contributed by atoms with E-state index in [1.54, 1.807) is 0 Å². The third-order valence-electron chi connectivity index (χ3n) is 1.37. The van der Waals surface area contributed by atoms with Crippen molar-refractivity contribution in [2.75, 3.05) is 0 Å². The zero-order chi connectivity index (χ0) is 8.85. The van der Waals surface area contributed by atoms with Gasteiger partial charge >= 0.3 is 0 Å². The molecule has 0 saturated heterocycles. The van der Waals surface area contributed by atoms with Crippen molar-refractivity contribution in [2.45, 2.75) is 34.1 Å². The molecular formula is C9H17NS. The lowest BCUT2D eigenvalue weighted by atomic mass is 10.1. The molecule has 0 heterocycles. The van der Waals surface area contributed by atoms with E-state index in [1.165, 1.54) is 5.70 Å². The molecule has 0 rings (SSSR count). The summed E-state index contributed by atoms with van der Waals surface area (Å²) in [5, 5.41) is 3.17. The SMILES string of the molecule is CC/C=C(\NC(C)=S)C(C)C. The van der Waals surface area contributed by atoms with Gasteiger partial charge in [0.25, 0.3) is 0 Å². The van der Waals surface area contributed by atoms with Gasteiger partial charge in [-0.1, -0.05) is 39.1 Å². The van der Waals surface area contributed by atoms with Crippen molar-refractivity contribution in [3.63, 3.8) is 0 Å². The Labute approximate surface area is 74.9 Å². The van der Waals surface area contributed by atoms with E-state index in [2.05, 4.69) is 32.2 Å². The van der Waals surface area contributed by atoms with E-state index in [0.717, 1.165) is 11.4 Å². The number of rotatable bonds is 3. The molecule has 0 bridgehead atoms. The summed E-state index contributed by atoms with van der Waals surface area (Å²) in [5.74, 6) is 0.535. The molecule has 0 aliphatic carbocycles. The highest BCUT2D eigenvalue weighted by molar-refractivity contribution is 7.80. The average molecular weight is 171 g/mol. The molecule has 0 aliphatic heterocycles. The van der Waals surface area contributed by atoms with Crippen molar-refractivity contribution < 1.29 is 0 Å². The first-order valence-electron chi connectivity index (χ1n) is 4.05. The molecule has 11 heavy (non-hydrogen) atoms. The van der Waals surface area contributed by atoms with Gasteiger partial charge in [-0.25, -0.2) is 0 Å². The fraction of sp³-hybridized carbons (Fsp3) is 0.667. The number of hydrogen-bond acceptors (Lipinski definition) is 1. The van der Waals surface area contributed by atoms with Gasteiger partial charge in [0, 0.05) is 5.70 Å². The molecule has 0 aromatic carbocycles. The summed E-state index contributed by atoms with van der Waals surface area (Å²) in [6.07, 6.45) is 3.24. The number of allylic oxidation sites excluding steroid dienone is 2. The van der Waals surface area contributed by atoms with Gasteiger partial charge in [-0.3, -0.25) is 0 Å². The fourth-order valence-corrected chi connectivity index (χ4v) is 0.972. The molecule has 0 atom stereocenters. The van der Waals surface area contributed by atoms with Crippen LogP contribution in [0.3, 0.4) is 0 Å². The van der Waals surface area contributed by atoms with Gasteiger partial charge in [0.1, 0.15) is 0 Å². The molecular weight excluding hydrogens is 154 g/mol. The molecule has 1 nitrogen and oxygen atoms in total.